The monoisotopic (exact) mass is 357 g/mol. The lowest BCUT2D eigenvalue weighted by Crippen LogP contribution is -2.10. The maximum atomic E-state index is 12.4. The van der Waals surface area contributed by atoms with Crippen LogP contribution in [0.15, 0.2) is 70.3 Å². The van der Waals surface area contributed by atoms with Crippen LogP contribution in [0.25, 0.3) is 0 Å². The summed E-state index contributed by atoms with van der Waals surface area (Å²) in [4.78, 5) is 12.4. The van der Waals surface area contributed by atoms with Gasteiger partial charge < -0.3 is 0 Å². The number of hydrogen-bond acceptors (Lipinski definition) is 4. The average Bonchev–Trinajstić information content (AvgIpc) is 3.06. The molecule has 3 rings (SSSR count). The van der Waals surface area contributed by atoms with Gasteiger partial charge in [0.05, 0.1) is 0 Å². The van der Waals surface area contributed by atoms with Gasteiger partial charge in [-0.2, -0.15) is 0 Å². The third kappa shape index (κ3) is 3.79. The highest BCUT2D eigenvalue weighted by Gasteiger charge is 2.16. The van der Waals surface area contributed by atoms with Gasteiger partial charge in [0.1, 0.15) is 4.21 Å². The van der Waals surface area contributed by atoms with Crippen molar-refractivity contribution in [1.29, 1.82) is 0 Å². The van der Waals surface area contributed by atoms with Crippen molar-refractivity contribution in [3.63, 3.8) is 0 Å². The first-order valence-corrected chi connectivity index (χ1v) is 9.65. The van der Waals surface area contributed by atoms with Gasteiger partial charge in [-0.05, 0) is 23.6 Å². The predicted octanol–water partition coefficient (Wildman–Crippen LogP) is 3.22. The van der Waals surface area contributed by atoms with Crippen molar-refractivity contribution in [2.45, 2.75) is 10.6 Å². The first-order valence-electron chi connectivity index (χ1n) is 7.22. The number of primary sulfonamides is 1. The molecule has 0 fully saturated rings. The summed E-state index contributed by atoms with van der Waals surface area (Å²) in [7, 11) is -3.77. The zero-order chi connectivity index (χ0) is 17.2. The minimum Gasteiger partial charge on any atom is -0.289 e. The first kappa shape index (κ1) is 16.6. The topological polar surface area (TPSA) is 77.2 Å². The molecular weight excluding hydrogens is 342 g/mol. The van der Waals surface area contributed by atoms with Gasteiger partial charge in [0.25, 0.3) is 0 Å². The second kappa shape index (κ2) is 6.68. The molecule has 24 heavy (non-hydrogen) atoms. The molecule has 3 aromatic rings. The van der Waals surface area contributed by atoms with E-state index in [0.717, 1.165) is 23.3 Å². The molecule has 0 aliphatic carbocycles. The van der Waals surface area contributed by atoms with E-state index in [2.05, 4.69) is 12.1 Å². The van der Waals surface area contributed by atoms with E-state index < -0.39 is 10.0 Å². The Bertz CT molecular complexity index is 959. The van der Waals surface area contributed by atoms with E-state index in [-0.39, 0.29) is 9.99 Å². The van der Waals surface area contributed by atoms with E-state index in [1.807, 2.05) is 30.3 Å². The number of rotatable bonds is 5. The second-order valence-electron chi connectivity index (χ2n) is 5.39. The summed E-state index contributed by atoms with van der Waals surface area (Å²) >= 11 is 0.951. The molecule has 0 saturated heterocycles. The van der Waals surface area contributed by atoms with Crippen LogP contribution in [0.2, 0.25) is 0 Å². The molecular formula is C18H15NO3S2. The summed E-state index contributed by atoms with van der Waals surface area (Å²) in [6.07, 6.45) is 0.795. The summed E-state index contributed by atoms with van der Waals surface area (Å²) in [5, 5.41) is 6.59. The number of carbonyl (C=O) groups excluding carboxylic acids is 1. The van der Waals surface area contributed by atoms with Crippen LogP contribution in [0.1, 0.15) is 27.0 Å². The van der Waals surface area contributed by atoms with E-state index in [1.165, 1.54) is 17.0 Å². The van der Waals surface area contributed by atoms with Crippen LogP contribution >= 0.6 is 11.3 Å². The van der Waals surface area contributed by atoms with Crippen LogP contribution in [0.3, 0.4) is 0 Å². The summed E-state index contributed by atoms with van der Waals surface area (Å²) in [5.74, 6) is -0.215. The van der Waals surface area contributed by atoms with E-state index >= 15 is 0 Å². The van der Waals surface area contributed by atoms with Crippen molar-refractivity contribution in [2.75, 3.05) is 0 Å². The Labute approximate surface area is 144 Å². The third-order valence-corrected chi connectivity index (χ3v) is 5.97. The minimum atomic E-state index is -3.77. The molecule has 0 bridgehead atoms. The van der Waals surface area contributed by atoms with Gasteiger partial charge in [-0.15, -0.1) is 11.3 Å². The normalized spacial score (nSPS) is 11.4. The zero-order valence-electron chi connectivity index (χ0n) is 12.7. The van der Waals surface area contributed by atoms with Crippen molar-refractivity contribution >= 4 is 27.1 Å². The van der Waals surface area contributed by atoms with E-state index in [4.69, 9.17) is 5.14 Å². The smallest absolute Gasteiger partial charge is 0.247 e. The minimum absolute atomic E-state index is 0.00783. The van der Waals surface area contributed by atoms with Crippen molar-refractivity contribution in [3.8, 4) is 0 Å². The van der Waals surface area contributed by atoms with Crippen molar-refractivity contribution in [1.82, 2.24) is 0 Å². The van der Waals surface area contributed by atoms with Crippen molar-refractivity contribution < 1.29 is 13.2 Å². The van der Waals surface area contributed by atoms with Crippen molar-refractivity contribution in [2.24, 2.45) is 5.14 Å². The number of ketones is 1. The summed E-state index contributed by atoms with van der Waals surface area (Å²) in [5.41, 5.74) is 3.16. The summed E-state index contributed by atoms with van der Waals surface area (Å²) in [6, 6.07) is 18.7. The molecule has 0 amide bonds. The molecule has 0 atom stereocenters. The molecule has 0 unspecified atom stereocenters. The Morgan fingerprint density at radius 1 is 0.917 bits per heavy atom. The Balaban J connectivity index is 1.78. The molecule has 0 aliphatic heterocycles. The quantitative estimate of drug-likeness (QED) is 0.712. The lowest BCUT2D eigenvalue weighted by Gasteiger charge is -2.03. The number of hydrogen-bond donors (Lipinski definition) is 1. The molecule has 0 spiro atoms. The second-order valence-corrected chi connectivity index (χ2v) is 8.09. The summed E-state index contributed by atoms with van der Waals surface area (Å²) < 4.78 is 22.6. The highest BCUT2D eigenvalue weighted by Crippen LogP contribution is 2.22. The third-order valence-electron chi connectivity index (χ3n) is 3.59. The Kier molecular flexibility index (Phi) is 4.62. The molecule has 4 nitrogen and oxygen atoms in total. The van der Waals surface area contributed by atoms with E-state index in [0.29, 0.717) is 11.1 Å². The Morgan fingerprint density at radius 2 is 1.54 bits per heavy atom. The first-order chi connectivity index (χ1) is 11.4. The van der Waals surface area contributed by atoms with Crippen LogP contribution in [0.5, 0.6) is 0 Å². The molecule has 122 valence electrons. The van der Waals surface area contributed by atoms with Crippen LogP contribution < -0.4 is 5.14 Å². The largest absolute Gasteiger partial charge is 0.289 e. The Hall–Kier alpha value is -2.28. The van der Waals surface area contributed by atoms with Gasteiger partial charge in [-0.25, -0.2) is 13.6 Å². The van der Waals surface area contributed by atoms with Gasteiger partial charge in [0.15, 0.2) is 5.78 Å². The standard InChI is InChI=1S/C18H15NO3S2/c19-24(21,22)17-11-16(12-23-17)18(20)15-8-6-14(7-9-15)10-13-4-2-1-3-5-13/h1-9,11-12H,10H2,(H2,19,21,22). The molecule has 1 heterocycles. The van der Waals surface area contributed by atoms with E-state index in [1.54, 1.807) is 12.1 Å². The molecule has 0 aliphatic rings. The van der Waals surface area contributed by atoms with Gasteiger partial charge >= 0.3 is 0 Å². The van der Waals surface area contributed by atoms with Crippen LogP contribution in [-0.2, 0) is 16.4 Å². The fourth-order valence-corrected chi connectivity index (χ4v) is 3.94. The fraction of sp³-hybridized carbons (Fsp3) is 0.0556. The molecule has 2 N–H and O–H groups in total. The molecule has 0 saturated carbocycles. The maximum Gasteiger partial charge on any atom is 0.247 e. The lowest BCUT2D eigenvalue weighted by atomic mass is 10.0. The number of thiophene rings is 1. The van der Waals surface area contributed by atoms with E-state index in [9.17, 15) is 13.2 Å². The fourth-order valence-electron chi connectivity index (χ4n) is 2.36. The lowest BCUT2D eigenvalue weighted by molar-refractivity contribution is 0.103. The number of nitrogens with two attached hydrogens (primary N) is 1. The van der Waals surface area contributed by atoms with Crippen LogP contribution in [0, 0.1) is 0 Å². The van der Waals surface area contributed by atoms with Gasteiger partial charge in [-0.3, -0.25) is 4.79 Å². The zero-order valence-corrected chi connectivity index (χ0v) is 14.3. The Morgan fingerprint density at radius 3 is 2.12 bits per heavy atom. The molecule has 2 aromatic carbocycles. The summed E-state index contributed by atoms with van der Waals surface area (Å²) in [6.45, 7) is 0. The highest BCUT2D eigenvalue weighted by atomic mass is 32.2. The number of benzene rings is 2. The van der Waals surface area contributed by atoms with Crippen LogP contribution in [-0.4, -0.2) is 14.2 Å². The maximum absolute atomic E-state index is 12.4. The van der Waals surface area contributed by atoms with Crippen molar-refractivity contribution in [3.05, 3.63) is 88.3 Å². The molecule has 0 radical (unpaired) electrons. The SMILES string of the molecule is NS(=O)(=O)c1cc(C(=O)c2ccc(Cc3ccccc3)cc2)cs1. The molecule has 1 aromatic heterocycles. The van der Waals surface area contributed by atoms with Gasteiger partial charge in [0.2, 0.25) is 10.0 Å². The van der Waals surface area contributed by atoms with Gasteiger partial charge in [0, 0.05) is 16.5 Å². The number of sulfonamides is 1. The highest BCUT2D eigenvalue weighted by molar-refractivity contribution is 7.91. The predicted molar refractivity (Wildman–Crippen MR) is 94.8 cm³/mol. The van der Waals surface area contributed by atoms with Crippen LogP contribution in [0.4, 0.5) is 0 Å². The number of carbonyl (C=O) groups is 1. The van der Waals surface area contributed by atoms with Gasteiger partial charge in [-0.1, -0.05) is 54.6 Å². The average molecular weight is 357 g/mol. The molecule has 6 heteroatoms.